The van der Waals surface area contributed by atoms with Crippen LogP contribution in [0.1, 0.15) is 108 Å². The van der Waals surface area contributed by atoms with Crippen LogP contribution in [0.3, 0.4) is 0 Å². The molecule has 0 amide bonds. The van der Waals surface area contributed by atoms with Gasteiger partial charge in [0.1, 0.15) is 6.61 Å². The Morgan fingerprint density at radius 1 is 0.853 bits per heavy atom. The van der Waals surface area contributed by atoms with Crippen molar-refractivity contribution in [1.82, 2.24) is 0 Å². The van der Waals surface area contributed by atoms with Gasteiger partial charge in [-0.05, 0) is 66.4 Å². The van der Waals surface area contributed by atoms with Crippen LogP contribution in [0.25, 0.3) is 10.8 Å². The summed E-state index contributed by atoms with van der Waals surface area (Å²) in [4.78, 5) is 0. The monoisotopic (exact) mass is 464 g/mol. The lowest BCUT2D eigenvalue weighted by atomic mass is 9.74. The molecule has 0 N–H and O–H groups in total. The number of fused-ring (bicyclic) bond motifs is 1. The highest BCUT2D eigenvalue weighted by atomic mass is 19.1. The van der Waals surface area contributed by atoms with Crippen molar-refractivity contribution in [2.45, 2.75) is 103 Å². The minimum Gasteiger partial charge on any atom is -0.486 e. The van der Waals surface area contributed by atoms with E-state index >= 15 is 0 Å². The van der Waals surface area contributed by atoms with Crippen molar-refractivity contribution < 1.29 is 9.13 Å². The average Bonchev–Trinajstić information content (AvgIpc) is 2.88. The summed E-state index contributed by atoms with van der Waals surface area (Å²) in [6.45, 7) is 6.27. The molecule has 0 atom stereocenters. The summed E-state index contributed by atoms with van der Waals surface area (Å²) in [5.41, 5.74) is 1.38. The summed E-state index contributed by atoms with van der Waals surface area (Å²) in [6.07, 6.45) is 21.5. The van der Waals surface area contributed by atoms with E-state index in [1.54, 1.807) is 12.1 Å². The maximum absolute atomic E-state index is 14.8. The molecule has 1 nitrogen and oxygen atoms in total. The SMILES string of the molecule is C=CCOc1ccc2cc(C3CCC(CCC4CCC(CCCCC)CC4)CC3)ccc2c1F. The van der Waals surface area contributed by atoms with Crippen LogP contribution in [-0.2, 0) is 0 Å². The van der Waals surface area contributed by atoms with Crippen molar-refractivity contribution >= 4 is 10.8 Å². The van der Waals surface area contributed by atoms with Gasteiger partial charge in [0.15, 0.2) is 11.6 Å². The van der Waals surface area contributed by atoms with E-state index in [-0.39, 0.29) is 5.82 Å². The summed E-state index contributed by atoms with van der Waals surface area (Å²) in [5.74, 6) is 3.62. The van der Waals surface area contributed by atoms with Crippen LogP contribution in [-0.4, -0.2) is 6.61 Å². The molecule has 2 aromatic carbocycles. The molecule has 0 spiro atoms. The fraction of sp³-hybridized carbons (Fsp3) is 0.625. The van der Waals surface area contributed by atoms with E-state index in [4.69, 9.17) is 4.74 Å². The smallest absolute Gasteiger partial charge is 0.172 e. The predicted molar refractivity (Wildman–Crippen MR) is 143 cm³/mol. The standard InChI is InChI=1S/C32H45FO/c1-3-5-6-7-24-8-10-25(11-9-24)12-13-26-14-16-27(17-15-26)28-18-20-30-29(23-28)19-21-31(32(30)33)34-22-4-2/h4,18-21,23-27H,2-3,5-17,22H2,1H3. The van der Waals surface area contributed by atoms with Gasteiger partial charge in [0, 0.05) is 5.39 Å². The maximum Gasteiger partial charge on any atom is 0.172 e. The van der Waals surface area contributed by atoms with E-state index in [2.05, 4.69) is 25.6 Å². The van der Waals surface area contributed by atoms with Crippen LogP contribution in [0.15, 0.2) is 43.0 Å². The van der Waals surface area contributed by atoms with E-state index in [0.29, 0.717) is 23.7 Å². The summed E-state index contributed by atoms with van der Waals surface area (Å²) in [6, 6.07) is 10.0. The van der Waals surface area contributed by atoms with Gasteiger partial charge in [0.25, 0.3) is 0 Å². The molecule has 2 aliphatic carbocycles. The number of ether oxygens (including phenoxy) is 1. The zero-order valence-electron chi connectivity index (χ0n) is 21.4. The lowest BCUT2D eigenvalue weighted by molar-refractivity contribution is 0.222. The molecule has 0 saturated heterocycles. The minimum absolute atomic E-state index is 0.260. The molecule has 4 rings (SSSR count). The average molecular weight is 465 g/mol. The second-order valence-corrected chi connectivity index (χ2v) is 11.1. The molecule has 0 aromatic heterocycles. The summed E-state index contributed by atoms with van der Waals surface area (Å²) < 4.78 is 20.2. The van der Waals surface area contributed by atoms with E-state index in [9.17, 15) is 4.39 Å². The molecule has 0 unspecified atom stereocenters. The molecule has 2 aliphatic rings. The van der Waals surface area contributed by atoms with E-state index in [1.165, 1.54) is 95.5 Å². The Kier molecular flexibility index (Phi) is 9.48. The third-order valence-corrected chi connectivity index (χ3v) is 8.78. The summed E-state index contributed by atoms with van der Waals surface area (Å²) in [5, 5.41) is 1.63. The Hall–Kier alpha value is -1.83. The zero-order valence-corrected chi connectivity index (χ0v) is 21.4. The van der Waals surface area contributed by atoms with Crippen LogP contribution in [0.4, 0.5) is 4.39 Å². The zero-order chi connectivity index (χ0) is 23.8. The van der Waals surface area contributed by atoms with Gasteiger partial charge >= 0.3 is 0 Å². The van der Waals surface area contributed by atoms with Crippen LogP contribution in [0.5, 0.6) is 5.75 Å². The van der Waals surface area contributed by atoms with Crippen molar-refractivity contribution in [3.05, 3.63) is 54.4 Å². The first-order valence-electron chi connectivity index (χ1n) is 14.1. The number of unbranched alkanes of at least 4 members (excludes halogenated alkanes) is 2. The van der Waals surface area contributed by atoms with Gasteiger partial charge in [-0.25, -0.2) is 4.39 Å². The first-order valence-corrected chi connectivity index (χ1v) is 14.1. The second-order valence-electron chi connectivity index (χ2n) is 11.1. The molecule has 2 heteroatoms. The molecule has 0 aliphatic heterocycles. The molecule has 2 aromatic rings. The Labute approximate surface area is 207 Å². The number of halogens is 1. The van der Waals surface area contributed by atoms with Gasteiger partial charge in [-0.2, -0.15) is 0 Å². The molecule has 0 bridgehead atoms. The van der Waals surface area contributed by atoms with Gasteiger partial charge in [0.2, 0.25) is 0 Å². The van der Waals surface area contributed by atoms with Gasteiger partial charge in [-0.15, -0.1) is 0 Å². The fourth-order valence-corrected chi connectivity index (χ4v) is 6.55. The lowest BCUT2D eigenvalue weighted by Gasteiger charge is -2.32. The highest BCUT2D eigenvalue weighted by molar-refractivity contribution is 5.85. The van der Waals surface area contributed by atoms with Crippen LogP contribution in [0.2, 0.25) is 0 Å². The van der Waals surface area contributed by atoms with E-state index in [1.807, 2.05) is 12.1 Å². The van der Waals surface area contributed by atoms with Crippen LogP contribution in [0, 0.1) is 23.6 Å². The maximum atomic E-state index is 14.8. The molecule has 34 heavy (non-hydrogen) atoms. The Bertz CT molecular complexity index is 903. The quantitative estimate of drug-likeness (QED) is 0.237. The van der Waals surface area contributed by atoms with Crippen molar-refractivity contribution in [3.63, 3.8) is 0 Å². The highest BCUT2D eigenvalue weighted by Crippen LogP contribution is 2.41. The molecule has 0 heterocycles. The minimum atomic E-state index is -0.260. The van der Waals surface area contributed by atoms with E-state index < -0.39 is 0 Å². The first-order chi connectivity index (χ1) is 16.7. The molecular weight excluding hydrogens is 419 g/mol. The Morgan fingerprint density at radius 3 is 2.15 bits per heavy atom. The highest BCUT2D eigenvalue weighted by Gasteiger charge is 2.25. The summed E-state index contributed by atoms with van der Waals surface area (Å²) >= 11 is 0. The molecule has 2 saturated carbocycles. The van der Waals surface area contributed by atoms with Crippen molar-refractivity contribution in [2.75, 3.05) is 6.61 Å². The van der Waals surface area contributed by atoms with Crippen molar-refractivity contribution in [3.8, 4) is 5.75 Å². The van der Waals surface area contributed by atoms with Gasteiger partial charge < -0.3 is 4.74 Å². The second kappa shape index (κ2) is 12.8. The third-order valence-electron chi connectivity index (χ3n) is 8.78. The fourth-order valence-electron chi connectivity index (χ4n) is 6.55. The van der Waals surface area contributed by atoms with E-state index in [0.717, 1.165) is 23.1 Å². The number of benzene rings is 2. The largest absolute Gasteiger partial charge is 0.486 e. The van der Waals surface area contributed by atoms with Gasteiger partial charge in [0.05, 0.1) is 0 Å². The van der Waals surface area contributed by atoms with Gasteiger partial charge in [-0.3, -0.25) is 0 Å². The Balaban J connectivity index is 1.22. The molecule has 0 radical (unpaired) electrons. The normalized spacial score (nSPS) is 25.4. The first kappa shape index (κ1) is 25.3. The molecule has 186 valence electrons. The lowest BCUT2D eigenvalue weighted by Crippen LogP contribution is -2.17. The van der Waals surface area contributed by atoms with Crippen LogP contribution < -0.4 is 4.74 Å². The third kappa shape index (κ3) is 6.64. The van der Waals surface area contributed by atoms with Crippen molar-refractivity contribution in [2.24, 2.45) is 17.8 Å². The number of hydrogen-bond acceptors (Lipinski definition) is 1. The van der Waals surface area contributed by atoms with Crippen molar-refractivity contribution in [1.29, 1.82) is 0 Å². The molecular formula is C32H45FO. The number of hydrogen-bond donors (Lipinski definition) is 0. The summed E-state index contributed by atoms with van der Waals surface area (Å²) in [7, 11) is 0. The topological polar surface area (TPSA) is 9.23 Å². The number of rotatable bonds is 11. The van der Waals surface area contributed by atoms with Crippen LogP contribution >= 0.6 is 0 Å². The Morgan fingerprint density at radius 2 is 1.50 bits per heavy atom. The molecule has 2 fully saturated rings. The predicted octanol–water partition coefficient (Wildman–Crippen LogP) is 9.98. The van der Waals surface area contributed by atoms with Gasteiger partial charge in [-0.1, -0.05) is 108 Å².